The van der Waals surface area contributed by atoms with Gasteiger partial charge in [-0.3, -0.25) is 4.79 Å². The average molecular weight is 366 g/mol. The number of likely N-dealkylation sites (N-methyl/N-ethyl adjacent to an activating group) is 1. The van der Waals surface area contributed by atoms with Crippen molar-refractivity contribution in [2.75, 3.05) is 25.5 Å². The molecule has 0 saturated carbocycles. The molecule has 25 heavy (non-hydrogen) atoms. The molecule has 0 bridgehead atoms. The summed E-state index contributed by atoms with van der Waals surface area (Å²) in [6.07, 6.45) is 0. The van der Waals surface area contributed by atoms with Crippen LogP contribution in [0.2, 0.25) is 0 Å². The fraction of sp³-hybridized carbons (Fsp3) is 0.235. The van der Waals surface area contributed by atoms with Crippen LogP contribution in [0.4, 0.5) is 10.1 Å². The van der Waals surface area contributed by atoms with Gasteiger partial charge >= 0.3 is 0 Å². The lowest BCUT2D eigenvalue weighted by Gasteiger charge is -2.17. The van der Waals surface area contributed by atoms with Crippen molar-refractivity contribution in [3.63, 3.8) is 0 Å². The normalized spacial score (nSPS) is 11.4. The summed E-state index contributed by atoms with van der Waals surface area (Å²) in [4.78, 5) is 12.1. The number of benzene rings is 2. The van der Waals surface area contributed by atoms with Crippen molar-refractivity contribution >= 4 is 21.6 Å². The van der Waals surface area contributed by atoms with E-state index in [0.717, 1.165) is 28.6 Å². The molecule has 2 aromatic rings. The zero-order valence-electron chi connectivity index (χ0n) is 13.9. The van der Waals surface area contributed by atoms with Gasteiger partial charge in [-0.05, 0) is 43.3 Å². The number of rotatable bonds is 7. The van der Waals surface area contributed by atoms with Gasteiger partial charge in [0.05, 0.1) is 23.7 Å². The highest BCUT2D eigenvalue weighted by Crippen LogP contribution is 2.23. The van der Waals surface area contributed by atoms with Crippen molar-refractivity contribution in [2.45, 2.75) is 11.8 Å². The van der Waals surface area contributed by atoms with E-state index in [1.807, 2.05) is 6.92 Å². The number of carbonyl (C=O) groups is 1. The summed E-state index contributed by atoms with van der Waals surface area (Å²) in [7, 11) is -2.60. The minimum Gasteiger partial charge on any atom is -0.492 e. The molecule has 134 valence electrons. The highest BCUT2D eigenvalue weighted by atomic mass is 32.2. The van der Waals surface area contributed by atoms with Crippen molar-refractivity contribution < 1.29 is 22.3 Å². The van der Waals surface area contributed by atoms with E-state index in [2.05, 4.69) is 5.32 Å². The van der Waals surface area contributed by atoms with Gasteiger partial charge in [-0.2, -0.15) is 4.31 Å². The van der Waals surface area contributed by atoms with Crippen LogP contribution in [0.15, 0.2) is 53.4 Å². The first-order chi connectivity index (χ1) is 11.8. The van der Waals surface area contributed by atoms with Crippen molar-refractivity contribution in [1.29, 1.82) is 0 Å². The lowest BCUT2D eigenvalue weighted by atomic mass is 10.3. The van der Waals surface area contributed by atoms with Crippen LogP contribution in [0.3, 0.4) is 0 Å². The SMILES string of the molecule is CCOc1ccccc1NC(=O)CN(C)S(=O)(=O)c1ccc(F)cc1. The molecule has 0 saturated heterocycles. The van der Waals surface area contributed by atoms with E-state index in [4.69, 9.17) is 4.74 Å². The summed E-state index contributed by atoms with van der Waals surface area (Å²) in [5.41, 5.74) is 0.460. The van der Waals surface area contributed by atoms with Crippen LogP contribution in [0.25, 0.3) is 0 Å². The Kier molecular flexibility index (Phi) is 6.11. The van der Waals surface area contributed by atoms with Crippen LogP contribution in [0.1, 0.15) is 6.92 Å². The molecular formula is C17H19FN2O4S. The summed E-state index contributed by atoms with van der Waals surface area (Å²) >= 11 is 0. The standard InChI is InChI=1S/C17H19FN2O4S/c1-3-24-16-7-5-4-6-15(16)19-17(21)12-20(2)25(22,23)14-10-8-13(18)9-11-14/h4-11H,3,12H2,1-2H3,(H,19,21). The van der Waals surface area contributed by atoms with Crippen LogP contribution in [0.5, 0.6) is 5.75 Å². The van der Waals surface area contributed by atoms with E-state index >= 15 is 0 Å². The highest BCUT2D eigenvalue weighted by molar-refractivity contribution is 7.89. The summed E-state index contributed by atoms with van der Waals surface area (Å²) in [5, 5.41) is 2.63. The molecular weight excluding hydrogens is 347 g/mol. The van der Waals surface area contributed by atoms with Gasteiger partial charge in [0.15, 0.2) is 0 Å². The summed E-state index contributed by atoms with van der Waals surface area (Å²) in [5.74, 6) is -0.547. The van der Waals surface area contributed by atoms with Crippen LogP contribution in [-0.2, 0) is 14.8 Å². The second-order valence-corrected chi connectivity index (χ2v) is 7.24. The van der Waals surface area contributed by atoms with E-state index < -0.39 is 21.7 Å². The molecule has 0 fully saturated rings. The molecule has 0 aliphatic carbocycles. The molecule has 0 aliphatic rings. The zero-order valence-corrected chi connectivity index (χ0v) is 14.7. The van der Waals surface area contributed by atoms with Crippen LogP contribution in [-0.4, -0.2) is 38.8 Å². The molecule has 0 heterocycles. The maximum Gasteiger partial charge on any atom is 0.243 e. The van der Waals surface area contributed by atoms with E-state index in [-0.39, 0.29) is 11.4 Å². The second-order valence-electron chi connectivity index (χ2n) is 5.19. The maximum absolute atomic E-state index is 12.9. The van der Waals surface area contributed by atoms with Crippen molar-refractivity contribution in [2.24, 2.45) is 0 Å². The smallest absolute Gasteiger partial charge is 0.243 e. The third-order valence-electron chi connectivity index (χ3n) is 3.35. The molecule has 0 atom stereocenters. The first-order valence-corrected chi connectivity index (χ1v) is 9.02. The Morgan fingerprint density at radius 3 is 2.44 bits per heavy atom. The Labute approximate surface area is 146 Å². The number of hydrogen-bond acceptors (Lipinski definition) is 4. The number of nitrogens with one attached hydrogen (secondary N) is 1. The first-order valence-electron chi connectivity index (χ1n) is 7.58. The summed E-state index contributed by atoms with van der Waals surface area (Å²) in [6.45, 7) is 1.87. The average Bonchev–Trinajstić information content (AvgIpc) is 2.57. The molecule has 1 amide bonds. The second kappa shape index (κ2) is 8.09. The van der Waals surface area contributed by atoms with E-state index in [1.54, 1.807) is 24.3 Å². The van der Waals surface area contributed by atoms with E-state index in [1.165, 1.54) is 7.05 Å². The molecule has 0 unspecified atom stereocenters. The third-order valence-corrected chi connectivity index (χ3v) is 5.17. The molecule has 0 aliphatic heterocycles. The number of amides is 1. The number of carbonyl (C=O) groups excluding carboxylic acids is 1. The topological polar surface area (TPSA) is 75.7 Å². The van der Waals surface area contributed by atoms with Crippen LogP contribution < -0.4 is 10.1 Å². The molecule has 2 aromatic carbocycles. The summed E-state index contributed by atoms with van der Waals surface area (Å²) in [6, 6.07) is 11.3. The predicted octanol–water partition coefficient (Wildman–Crippen LogP) is 2.48. The van der Waals surface area contributed by atoms with E-state index in [9.17, 15) is 17.6 Å². The number of para-hydroxylation sites is 2. The molecule has 0 aromatic heterocycles. The molecule has 8 heteroatoms. The summed E-state index contributed by atoms with van der Waals surface area (Å²) < 4.78 is 44.1. The largest absolute Gasteiger partial charge is 0.492 e. The van der Waals surface area contributed by atoms with Gasteiger partial charge in [0.25, 0.3) is 0 Å². The van der Waals surface area contributed by atoms with Crippen molar-refractivity contribution in [3.05, 3.63) is 54.3 Å². The molecule has 1 N–H and O–H groups in total. The minimum absolute atomic E-state index is 0.0843. The number of halogens is 1. The Balaban J connectivity index is 2.08. The quantitative estimate of drug-likeness (QED) is 0.817. The minimum atomic E-state index is -3.89. The molecule has 0 radical (unpaired) electrons. The monoisotopic (exact) mass is 366 g/mol. The number of sulfonamides is 1. The number of anilines is 1. The van der Waals surface area contributed by atoms with Gasteiger partial charge in [-0.25, -0.2) is 12.8 Å². The maximum atomic E-state index is 12.9. The first kappa shape index (κ1) is 18.9. The number of nitrogens with zero attached hydrogens (tertiary/aromatic N) is 1. The van der Waals surface area contributed by atoms with E-state index in [0.29, 0.717) is 18.0 Å². The van der Waals surface area contributed by atoms with Crippen LogP contribution >= 0.6 is 0 Å². The van der Waals surface area contributed by atoms with Gasteiger partial charge in [0.2, 0.25) is 15.9 Å². The zero-order chi connectivity index (χ0) is 18.4. The fourth-order valence-electron chi connectivity index (χ4n) is 2.11. The van der Waals surface area contributed by atoms with Gasteiger partial charge < -0.3 is 10.1 Å². The van der Waals surface area contributed by atoms with Gasteiger partial charge in [-0.1, -0.05) is 12.1 Å². The fourth-order valence-corrected chi connectivity index (χ4v) is 3.24. The Hall–Kier alpha value is -2.45. The predicted molar refractivity (Wildman–Crippen MR) is 92.5 cm³/mol. The van der Waals surface area contributed by atoms with Gasteiger partial charge in [-0.15, -0.1) is 0 Å². The number of hydrogen-bond donors (Lipinski definition) is 1. The number of ether oxygens (including phenoxy) is 1. The highest BCUT2D eigenvalue weighted by Gasteiger charge is 2.23. The molecule has 6 nitrogen and oxygen atoms in total. The van der Waals surface area contributed by atoms with Gasteiger partial charge in [0.1, 0.15) is 11.6 Å². The van der Waals surface area contributed by atoms with Gasteiger partial charge in [0, 0.05) is 7.05 Å². The Morgan fingerprint density at radius 1 is 1.16 bits per heavy atom. The third kappa shape index (κ3) is 4.77. The lowest BCUT2D eigenvalue weighted by Crippen LogP contribution is -2.35. The Bertz CT molecular complexity index is 838. The lowest BCUT2D eigenvalue weighted by molar-refractivity contribution is -0.116. The molecule has 2 rings (SSSR count). The Morgan fingerprint density at radius 2 is 1.80 bits per heavy atom. The molecule has 0 spiro atoms. The van der Waals surface area contributed by atoms with Crippen molar-refractivity contribution in [3.8, 4) is 5.75 Å². The van der Waals surface area contributed by atoms with Crippen LogP contribution in [0, 0.1) is 5.82 Å². The van der Waals surface area contributed by atoms with Crippen molar-refractivity contribution in [1.82, 2.24) is 4.31 Å².